The van der Waals surface area contributed by atoms with Gasteiger partial charge < -0.3 is 14.9 Å². The predicted octanol–water partition coefficient (Wildman–Crippen LogP) is 1.07. The Hall–Kier alpha value is -1.92. The van der Waals surface area contributed by atoms with Crippen LogP contribution in [0.5, 0.6) is 0 Å². The van der Waals surface area contributed by atoms with Gasteiger partial charge in [0, 0.05) is 31.9 Å². The summed E-state index contributed by atoms with van der Waals surface area (Å²) in [7, 11) is 2.16. The largest absolute Gasteiger partial charge is 0.390 e. The lowest BCUT2D eigenvalue weighted by Crippen LogP contribution is -2.44. The molecule has 2 aromatic rings. The molecule has 6 heteroatoms. The molecule has 0 radical (unpaired) electrons. The molecule has 6 nitrogen and oxygen atoms in total. The van der Waals surface area contributed by atoms with Crippen LogP contribution in [0.15, 0.2) is 24.3 Å². The number of hydrogen-bond donors (Lipinski definition) is 1. The monoisotopic (exact) mass is 301 g/mol. The smallest absolute Gasteiger partial charge is 0.112 e. The van der Waals surface area contributed by atoms with Crippen LogP contribution in [0.2, 0.25) is 0 Å². The second-order valence-electron chi connectivity index (χ2n) is 5.71. The lowest BCUT2D eigenvalue weighted by atomic mass is 10.2. The lowest BCUT2D eigenvalue weighted by molar-refractivity contribution is 0.275. The van der Waals surface area contributed by atoms with Crippen molar-refractivity contribution in [2.45, 2.75) is 20.0 Å². The Morgan fingerprint density at radius 1 is 1.05 bits per heavy atom. The molecule has 1 saturated heterocycles. The van der Waals surface area contributed by atoms with Crippen LogP contribution < -0.4 is 4.90 Å². The van der Waals surface area contributed by atoms with E-state index in [-0.39, 0.29) is 6.61 Å². The van der Waals surface area contributed by atoms with Crippen molar-refractivity contribution in [2.75, 3.05) is 38.1 Å². The van der Waals surface area contributed by atoms with Gasteiger partial charge in [-0.3, -0.25) is 0 Å². The number of rotatable bonds is 4. The maximum atomic E-state index is 9.32. The van der Waals surface area contributed by atoms with Gasteiger partial charge in [-0.25, -0.2) is 4.68 Å². The number of anilines is 1. The summed E-state index contributed by atoms with van der Waals surface area (Å²) in [6.07, 6.45) is 0.795. The molecule has 0 saturated carbocycles. The molecule has 1 fully saturated rings. The molecule has 1 aromatic heterocycles. The molecule has 1 aromatic carbocycles. The van der Waals surface area contributed by atoms with Gasteiger partial charge in [0.15, 0.2) is 0 Å². The van der Waals surface area contributed by atoms with E-state index in [2.05, 4.69) is 51.4 Å². The molecule has 22 heavy (non-hydrogen) atoms. The van der Waals surface area contributed by atoms with E-state index in [0.29, 0.717) is 5.69 Å². The minimum atomic E-state index is -0.0669. The summed E-state index contributed by atoms with van der Waals surface area (Å²) >= 11 is 0. The summed E-state index contributed by atoms with van der Waals surface area (Å²) in [6, 6.07) is 8.42. The first-order valence-corrected chi connectivity index (χ1v) is 7.81. The van der Waals surface area contributed by atoms with Gasteiger partial charge in [-0.15, -0.1) is 5.10 Å². The highest BCUT2D eigenvalue weighted by Crippen LogP contribution is 2.20. The number of nitrogens with zero attached hydrogens (tertiary/aromatic N) is 5. The van der Waals surface area contributed by atoms with Crippen LogP contribution in [0.1, 0.15) is 18.3 Å². The predicted molar refractivity (Wildman–Crippen MR) is 86.4 cm³/mol. The van der Waals surface area contributed by atoms with Crippen LogP contribution in [0, 0.1) is 0 Å². The van der Waals surface area contributed by atoms with Crippen molar-refractivity contribution in [1.82, 2.24) is 19.9 Å². The Morgan fingerprint density at radius 2 is 1.68 bits per heavy atom. The molecule has 1 N–H and O–H groups in total. The third kappa shape index (κ3) is 2.84. The van der Waals surface area contributed by atoms with E-state index in [0.717, 1.165) is 44.0 Å². The molecule has 0 aliphatic carbocycles. The first-order valence-electron chi connectivity index (χ1n) is 7.81. The van der Waals surface area contributed by atoms with Crippen molar-refractivity contribution >= 4 is 5.69 Å². The van der Waals surface area contributed by atoms with Gasteiger partial charge in [0.05, 0.1) is 18.0 Å². The minimum Gasteiger partial charge on any atom is -0.390 e. The van der Waals surface area contributed by atoms with Crippen molar-refractivity contribution in [3.8, 4) is 5.69 Å². The fourth-order valence-corrected chi connectivity index (χ4v) is 2.89. The maximum Gasteiger partial charge on any atom is 0.112 e. The number of aromatic nitrogens is 3. The quantitative estimate of drug-likeness (QED) is 0.915. The van der Waals surface area contributed by atoms with E-state index in [4.69, 9.17) is 0 Å². The van der Waals surface area contributed by atoms with Gasteiger partial charge in [0.1, 0.15) is 5.69 Å². The second-order valence-corrected chi connectivity index (χ2v) is 5.71. The second kappa shape index (κ2) is 6.46. The highest BCUT2D eigenvalue weighted by atomic mass is 16.3. The molecule has 3 rings (SSSR count). The Labute approximate surface area is 131 Å². The van der Waals surface area contributed by atoms with Gasteiger partial charge in [-0.1, -0.05) is 12.1 Å². The number of hydrogen-bond acceptors (Lipinski definition) is 5. The SMILES string of the molecule is CCc1c(CO)nnn1-c1ccc(N2CCN(C)CC2)cc1. The van der Waals surface area contributed by atoms with Crippen LogP contribution in [0.25, 0.3) is 5.69 Å². The molecule has 118 valence electrons. The zero-order valence-electron chi connectivity index (χ0n) is 13.2. The number of likely N-dealkylation sites (N-methyl/N-ethyl adjacent to an activating group) is 1. The average molecular weight is 301 g/mol. The fraction of sp³-hybridized carbons (Fsp3) is 0.500. The Balaban J connectivity index is 1.81. The Morgan fingerprint density at radius 3 is 2.27 bits per heavy atom. The van der Waals surface area contributed by atoms with Gasteiger partial charge >= 0.3 is 0 Å². The van der Waals surface area contributed by atoms with Crippen LogP contribution in [0.3, 0.4) is 0 Å². The maximum absolute atomic E-state index is 9.32. The topological polar surface area (TPSA) is 57.4 Å². The number of benzene rings is 1. The highest BCUT2D eigenvalue weighted by molar-refractivity contribution is 5.51. The number of piperazine rings is 1. The molecular weight excluding hydrogens is 278 g/mol. The normalized spacial score (nSPS) is 16.2. The zero-order valence-corrected chi connectivity index (χ0v) is 13.2. The highest BCUT2D eigenvalue weighted by Gasteiger charge is 2.15. The van der Waals surface area contributed by atoms with Crippen LogP contribution in [0.4, 0.5) is 5.69 Å². The first-order chi connectivity index (χ1) is 10.7. The average Bonchev–Trinajstić information content (AvgIpc) is 2.98. The standard InChI is InChI=1S/C16H23N5O/c1-3-16-15(12-22)17-18-21(16)14-6-4-13(5-7-14)20-10-8-19(2)9-11-20/h4-7,22H,3,8-12H2,1-2H3. The van der Waals surface area contributed by atoms with Crippen LogP contribution in [-0.4, -0.2) is 58.2 Å². The summed E-state index contributed by atoms with van der Waals surface area (Å²) in [5.41, 5.74) is 3.86. The number of aliphatic hydroxyl groups is 1. The molecule has 0 spiro atoms. The molecule has 0 bridgehead atoms. The fourth-order valence-electron chi connectivity index (χ4n) is 2.89. The van der Waals surface area contributed by atoms with E-state index in [1.165, 1.54) is 5.69 Å². The van der Waals surface area contributed by atoms with Crippen LogP contribution >= 0.6 is 0 Å². The van der Waals surface area contributed by atoms with Gasteiger partial charge in [-0.05, 0) is 37.7 Å². The van der Waals surface area contributed by atoms with Crippen molar-refractivity contribution in [1.29, 1.82) is 0 Å². The first kappa shape index (κ1) is 15.0. The van der Waals surface area contributed by atoms with Crippen LogP contribution in [-0.2, 0) is 13.0 Å². The van der Waals surface area contributed by atoms with E-state index in [1.54, 1.807) is 0 Å². The Kier molecular flexibility index (Phi) is 4.40. The summed E-state index contributed by atoms with van der Waals surface area (Å²) in [5.74, 6) is 0. The van der Waals surface area contributed by atoms with Crippen molar-refractivity contribution in [3.63, 3.8) is 0 Å². The summed E-state index contributed by atoms with van der Waals surface area (Å²) in [5, 5.41) is 17.5. The van der Waals surface area contributed by atoms with Crippen molar-refractivity contribution in [2.24, 2.45) is 0 Å². The molecule has 0 amide bonds. The minimum absolute atomic E-state index is 0.0669. The summed E-state index contributed by atoms with van der Waals surface area (Å²) in [6.45, 7) is 6.31. The molecule has 0 atom stereocenters. The van der Waals surface area contributed by atoms with E-state index in [9.17, 15) is 5.11 Å². The zero-order chi connectivity index (χ0) is 15.5. The van der Waals surface area contributed by atoms with E-state index < -0.39 is 0 Å². The summed E-state index contributed by atoms with van der Waals surface area (Å²) in [4.78, 5) is 4.76. The van der Waals surface area contributed by atoms with Gasteiger partial charge in [-0.2, -0.15) is 0 Å². The van der Waals surface area contributed by atoms with Gasteiger partial charge in [0.2, 0.25) is 0 Å². The van der Waals surface area contributed by atoms with E-state index >= 15 is 0 Å². The molecule has 1 aliphatic heterocycles. The number of aliphatic hydroxyl groups excluding tert-OH is 1. The van der Waals surface area contributed by atoms with E-state index in [1.807, 2.05) is 11.6 Å². The molecule has 2 heterocycles. The summed E-state index contributed by atoms with van der Waals surface area (Å²) < 4.78 is 1.82. The van der Waals surface area contributed by atoms with Crippen molar-refractivity contribution < 1.29 is 5.11 Å². The third-order valence-corrected chi connectivity index (χ3v) is 4.29. The van der Waals surface area contributed by atoms with Gasteiger partial charge in [0.25, 0.3) is 0 Å². The Bertz CT molecular complexity index is 614. The lowest BCUT2D eigenvalue weighted by Gasteiger charge is -2.34. The molecule has 1 aliphatic rings. The molecular formula is C16H23N5O. The van der Waals surface area contributed by atoms with Crippen molar-refractivity contribution in [3.05, 3.63) is 35.7 Å². The third-order valence-electron chi connectivity index (χ3n) is 4.29. The molecule has 0 unspecified atom stereocenters.